The van der Waals surface area contributed by atoms with Gasteiger partial charge in [-0.3, -0.25) is 4.79 Å². The minimum absolute atomic E-state index is 0.000183. The number of carbonyl (C=O) groups is 1. The van der Waals surface area contributed by atoms with Gasteiger partial charge >= 0.3 is 0 Å². The number of nitrogens with one attached hydrogen (secondary N) is 1. The highest BCUT2D eigenvalue weighted by molar-refractivity contribution is 5.92. The normalized spacial score (nSPS) is 10.6. The van der Waals surface area contributed by atoms with E-state index in [2.05, 4.69) is 15.5 Å². The van der Waals surface area contributed by atoms with Crippen LogP contribution in [-0.4, -0.2) is 16.0 Å². The number of hydrogen-bond donors (Lipinski definition) is 1. The fourth-order valence-electron chi connectivity index (χ4n) is 2.67. The van der Waals surface area contributed by atoms with Gasteiger partial charge in [-0.05, 0) is 31.4 Å². The molecule has 5 heteroatoms. The maximum absolute atomic E-state index is 12.2. The first kappa shape index (κ1) is 16.9. The van der Waals surface area contributed by atoms with E-state index < -0.39 is 0 Å². The number of nitrogens with zero attached hydrogens (tertiary/aromatic N) is 2. The Morgan fingerprint density at radius 2 is 1.76 bits per heavy atom. The molecule has 0 radical (unpaired) electrons. The molecule has 2 aromatic carbocycles. The van der Waals surface area contributed by atoms with E-state index in [9.17, 15) is 4.79 Å². The van der Waals surface area contributed by atoms with Crippen molar-refractivity contribution in [2.24, 2.45) is 0 Å². The van der Waals surface area contributed by atoms with Crippen LogP contribution in [0.15, 0.2) is 53.1 Å². The molecule has 0 atom stereocenters. The van der Waals surface area contributed by atoms with Gasteiger partial charge in [0.05, 0.1) is 0 Å². The fourth-order valence-corrected chi connectivity index (χ4v) is 2.67. The number of anilines is 1. The van der Waals surface area contributed by atoms with Crippen molar-refractivity contribution in [2.75, 3.05) is 5.32 Å². The van der Waals surface area contributed by atoms with E-state index in [-0.39, 0.29) is 5.91 Å². The van der Waals surface area contributed by atoms with Gasteiger partial charge in [0.2, 0.25) is 17.6 Å². The highest BCUT2D eigenvalue weighted by Gasteiger charge is 2.10. The largest absolute Gasteiger partial charge is 0.339 e. The van der Waals surface area contributed by atoms with Gasteiger partial charge in [0.25, 0.3) is 0 Å². The Kier molecular flexibility index (Phi) is 5.23. The predicted octanol–water partition coefficient (Wildman–Crippen LogP) is 4.31. The molecule has 0 saturated carbocycles. The predicted molar refractivity (Wildman–Crippen MR) is 97.2 cm³/mol. The highest BCUT2D eigenvalue weighted by atomic mass is 16.5. The van der Waals surface area contributed by atoms with Gasteiger partial charge in [0.15, 0.2) is 0 Å². The van der Waals surface area contributed by atoms with Crippen LogP contribution in [0.3, 0.4) is 0 Å². The van der Waals surface area contributed by atoms with Gasteiger partial charge in [-0.15, -0.1) is 0 Å². The number of rotatable bonds is 6. The number of amides is 1. The summed E-state index contributed by atoms with van der Waals surface area (Å²) < 4.78 is 5.26. The Morgan fingerprint density at radius 3 is 2.48 bits per heavy atom. The van der Waals surface area contributed by atoms with Crippen LogP contribution in [0.5, 0.6) is 0 Å². The van der Waals surface area contributed by atoms with E-state index in [1.54, 1.807) is 0 Å². The molecule has 0 saturated heterocycles. The van der Waals surface area contributed by atoms with Crippen molar-refractivity contribution in [3.05, 3.63) is 65.5 Å². The second kappa shape index (κ2) is 7.75. The summed E-state index contributed by atoms with van der Waals surface area (Å²) in [5.74, 6) is 1.13. The summed E-state index contributed by atoms with van der Waals surface area (Å²) in [4.78, 5) is 16.5. The van der Waals surface area contributed by atoms with Crippen molar-refractivity contribution in [1.82, 2.24) is 10.1 Å². The van der Waals surface area contributed by atoms with Gasteiger partial charge in [0.1, 0.15) is 0 Å². The molecular weight excluding hydrogens is 314 g/mol. The molecule has 0 aliphatic rings. The third-order valence-corrected chi connectivity index (χ3v) is 4.04. The van der Waals surface area contributed by atoms with Crippen LogP contribution in [0.1, 0.15) is 29.9 Å². The van der Waals surface area contributed by atoms with Gasteiger partial charge in [-0.1, -0.05) is 53.7 Å². The number of aryl methyl sites for hydroxylation is 3. The zero-order valence-corrected chi connectivity index (χ0v) is 14.5. The van der Waals surface area contributed by atoms with Crippen LogP contribution in [-0.2, 0) is 11.2 Å². The van der Waals surface area contributed by atoms with Crippen LogP contribution in [0.25, 0.3) is 11.4 Å². The average molecular weight is 335 g/mol. The second-order valence-electron chi connectivity index (χ2n) is 6.05. The SMILES string of the molecule is Cc1cccc(C)c1NC(=O)CCCc1nc(-c2ccccc2)no1. The summed E-state index contributed by atoms with van der Waals surface area (Å²) in [5, 5.41) is 6.98. The molecule has 0 fully saturated rings. The Hall–Kier alpha value is -2.95. The standard InChI is InChI=1S/C20H21N3O2/c1-14-8-6-9-15(2)19(14)21-17(24)12-7-13-18-22-20(23-25-18)16-10-4-3-5-11-16/h3-6,8-11H,7,12-13H2,1-2H3,(H,21,24). The van der Waals surface area contributed by atoms with E-state index in [0.717, 1.165) is 22.4 Å². The van der Waals surface area contributed by atoms with E-state index in [0.29, 0.717) is 31.0 Å². The molecule has 3 rings (SSSR count). The molecule has 3 aromatic rings. The first-order chi connectivity index (χ1) is 12.1. The fraction of sp³-hybridized carbons (Fsp3) is 0.250. The first-order valence-electron chi connectivity index (χ1n) is 8.37. The molecule has 1 aromatic heterocycles. The lowest BCUT2D eigenvalue weighted by Crippen LogP contribution is -2.13. The van der Waals surface area contributed by atoms with Crippen LogP contribution in [0.2, 0.25) is 0 Å². The number of para-hydroxylation sites is 1. The first-order valence-corrected chi connectivity index (χ1v) is 8.37. The van der Waals surface area contributed by atoms with Crippen molar-refractivity contribution in [3.63, 3.8) is 0 Å². The smallest absolute Gasteiger partial charge is 0.226 e. The minimum atomic E-state index is 0.000183. The molecule has 0 aliphatic heterocycles. The molecular formula is C20H21N3O2. The molecule has 1 heterocycles. The molecule has 0 spiro atoms. The highest BCUT2D eigenvalue weighted by Crippen LogP contribution is 2.20. The van der Waals surface area contributed by atoms with Gasteiger partial charge in [-0.2, -0.15) is 4.98 Å². The Labute approximate surface area is 147 Å². The van der Waals surface area contributed by atoms with Crippen molar-refractivity contribution < 1.29 is 9.32 Å². The van der Waals surface area contributed by atoms with E-state index in [4.69, 9.17) is 4.52 Å². The van der Waals surface area contributed by atoms with Crippen LogP contribution in [0.4, 0.5) is 5.69 Å². The summed E-state index contributed by atoms with van der Waals surface area (Å²) in [5.41, 5.74) is 3.96. The maximum atomic E-state index is 12.2. The molecule has 1 amide bonds. The lowest BCUT2D eigenvalue weighted by atomic mass is 10.1. The number of hydrogen-bond acceptors (Lipinski definition) is 4. The number of carbonyl (C=O) groups excluding carboxylic acids is 1. The molecule has 0 aliphatic carbocycles. The molecule has 0 bridgehead atoms. The van der Waals surface area contributed by atoms with Gasteiger partial charge in [0, 0.05) is 24.1 Å². The van der Waals surface area contributed by atoms with Crippen molar-refractivity contribution >= 4 is 11.6 Å². The molecule has 5 nitrogen and oxygen atoms in total. The lowest BCUT2D eigenvalue weighted by molar-refractivity contribution is -0.116. The summed E-state index contributed by atoms with van der Waals surface area (Å²) in [6.45, 7) is 3.98. The topological polar surface area (TPSA) is 68.0 Å². The van der Waals surface area contributed by atoms with Crippen molar-refractivity contribution in [3.8, 4) is 11.4 Å². The summed E-state index contributed by atoms with van der Waals surface area (Å²) >= 11 is 0. The van der Waals surface area contributed by atoms with Crippen LogP contribution in [0, 0.1) is 13.8 Å². The maximum Gasteiger partial charge on any atom is 0.226 e. The summed E-state index contributed by atoms with van der Waals surface area (Å²) in [6.07, 6.45) is 1.66. The third-order valence-electron chi connectivity index (χ3n) is 4.04. The zero-order valence-electron chi connectivity index (χ0n) is 14.5. The Bertz CT molecular complexity index is 836. The van der Waals surface area contributed by atoms with Gasteiger partial charge < -0.3 is 9.84 Å². The average Bonchev–Trinajstić information content (AvgIpc) is 3.08. The third kappa shape index (κ3) is 4.32. The molecule has 25 heavy (non-hydrogen) atoms. The summed E-state index contributed by atoms with van der Waals surface area (Å²) in [6, 6.07) is 15.7. The van der Waals surface area contributed by atoms with E-state index in [1.165, 1.54) is 0 Å². The zero-order chi connectivity index (χ0) is 17.6. The quantitative estimate of drug-likeness (QED) is 0.728. The molecule has 1 N–H and O–H groups in total. The Morgan fingerprint density at radius 1 is 1.04 bits per heavy atom. The van der Waals surface area contributed by atoms with Crippen molar-refractivity contribution in [1.29, 1.82) is 0 Å². The van der Waals surface area contributed by atoms with E-state index in [1.807, 2.05) is 62.4 Å². The lowest BCUT2D eigenvalue weighted by Gasteiger charge is -2.11. The van der Waals surface area contributed by atoms with Crippen molar-refractivity contribution in [2.45, 2.75) is 33.1 Å². The van der Waals surface area contributed by atoms with Crippen LogP contribution >= 0.6 is 0 Å². The molecule has 0 unspecified atom stereocenters. The minimum Gasteiger partial charge on any atom is -0.339 e. The Balaban J connectivity index is 1.51. The molecule has 128 valence electrons. The number of benzene rings is 2. The monoisotopic (exact) mass is 335 g/mol. The van der Waals surface area contributed by atoms with Crippen LogP contribution < -0.4 is 5.32 Å². The number of aromatic nitrogens is 2. The summed E-state index contributed by atoms with van der Waals surface area (Å²) in [7, 11) is 0. The van der Waals surface area contributed by atoms with E-state index >= 15 is 0 Å². The van der Waals surface area contributed by atoms with Gasteiger partial charge in [-0.25, -0.2) is 0 Å². The second-order valence-corrected chi connectivity index (χ2v) is 6.05.